The van der Waals surface area contributed by atoms with E-state index < -0.39 is 5.82 Å². The third-order valence-corrected chi connectivity index (χ3v) is 2.17. The fraction of sp³-hybridized carbons (Fsp3) is 0. The van der Waals surface area contributed by atoms with E-state index in [-0.39, 0.29) is 5.02 Å². The molecule has 3 nitrogen and oxygen atoms in total. The Morgan fingerprint density at radius 3 is 2.75 bits per heavy atom. The summed E-state index contributed by atoms with van der Waals surface area (Å²) < 4.78 is 18.4. The van der Waals surface area contributed by atoms with Crippen LogP contribution >= 0.6 is 11.6 Å². The van der Waals surface area contributed by atoms with Gasteiger partial charge in [-0.05, 0) is 18.2 Å². The van der Waals surface area contributed by atoms with Gasteiger partial charge in [0.05, 0.1) is 5.02 Å². The molecule has 82 valence electrons. The number of nitrogen functional groups attached to an aromatic ring is 1. The van der Waals surface area contributed by atoms with E-state index >= 15 is 0 Å². The van der Waals surface area contributed by atoms with Gasteiger partial charge in [-0.1, -0.05) is 17.7 Å². The Hall–Kier alpha value is -1.81. The molecule has 1 heterocycles. The van der Waals surface area contributed by atoms with Crippen molar-refractivity contribution in [2.24, 2.45) is 0 Å². The lowest BCUT2D eigenvalue weighted by molar-refractivity contribution is 0.459. The molecule has 16 heavy (non-hydrogen) atoms. The first-order valence-corrected chi connectivity index (χ1v) is 4.88. The summed E-state index contributed by atoms with van der Waals surface area (Å²) in [6.45, 7) is 0. The third kappa shape index (κ3) is 2.41. The number of pyridine rings is 1. The zero-order valence-corrected chi connectivity index (χ0v) is 8.91. The summed E-state index contributed by atoms with van der Waals surface area (Å²) in [4.78, 5) is 3.92. The third-order valence-electron chi connectivity index (χ3n) is 1.86. The molecule has 0 unspecified atom stereocenters. The molecule has 0 spiro atoms. The van der Waals surface area contributed by atoms with Crippen molar-refractivity contribution in [1.29, 1.82) is 0 Å². The van der Waals surface area contributed by atoms with Crippen molar-refractivity contribution in [3.63, 3.8) is 0 Å². The van der Waals surface area contributed by atoms with Gasteiger partial charge in [-0.25, -0.2) is 4.39 Å². The molecular weight excluding hydrogens is 231 g/mol. The average molecular weight is 239 g/mol. The first kappa shape index (κ1) is 10.7. The number of hydrogen-bond acceptors (Lipinski definition) is 3. The smallest absolute Gasteiger partial charge is 0.221 e. The average Bonchev–Trinajstić information content (AvgIpc) is 2.24. The Balaban J connectivity index is 2.24. The number of aromatic nitrogens is 1. The van der Waals surface area contributed by atoms with Crippen LogP contribution in [0.3, 0.4) is 0 Å². The molecule has 1 aromatic heterocycles. The highest BCUT2D eigenvalue weighted by atomic mass is 35.5. The van der Waals surface area contributed by atoms with Crippen LogP contribution in [0.15, 0.2) is 36.4 Å². The van der Waals surface area contributed by atoms with Crippen molar-refractivity contribution in [3.05, 3.63) is 47.2 Å². The van der Waals surface area contributed by atoms with Gasteiger partial charge in [0.15, 0.2) is 0 Å². The zero-order valence-electron chi connectivity index (χ0n) is 8.15. The summed E-state index contributed by atoms with van der Waals surface area (Å²) in [6, 6.07) is 9.12. The van der Waals surface area contributed by atoms with Crippen molar-refractivity contribution < 1.29 is 9.13 Å². The first-order chi connectivity index (χ1) is 7.65. The summed E-state index contributed by atoms with van der Waals surface area (Å²) in [6.07, 6.45) is 0. The second-order valence-electron chi connectivity index (χ2n) is 3.08. The molecule has 0 saturated heterocycles. The van der Waals surface area contributed by atoms with Crippen LogP contribution in [0.2, 0.25) is 5.02 Å². The molecule has 0 radical (unpaired) electrons. The number of hydrogen-bond donors (Lipinski definition) is 1. The van der Waals surface area contributed by atoms with Gasteiger partial charge in [0, 0.05) is 12.1 Å². The Morgan fingerprint density at radius 2 is 2.06 bits per heavy atom. The largest absolute Gasteiger partial charge is 0.439 e. The van der Waals surface area contributed by atoms with Gasteiger partial charge in [0.1, 0.15) is 17.4 Å². The van der Waals surface area contributed by atoms with E-state index in [0.717, 1.165) is 0 Å². The van der Waals surface area contributed by atoms with Crippen LogP contribution in [-0.2, 0) is 0 Å². The summed E-state index contributed by atoms with van der Waals surface area (Å²) in [5, 5.41) is 0.0490. The summed E-state index contributed by atoms with van der Waals surface area (Å²) in [5.41, 5.74) is 5.48. The Labute approximate surface area is 96.6 Å². The summed E-state index contributed by atoms with van der Waals surface area (Å²) >= 11 is 5.54. The molecule has 0 atom stereocenters. The quantitative estimate of drug-likeness (QED) is 0.874. The van der Waals surface area contributed by atoms with E-state index in [0.29, 0.717) is 17.4 Å². The van der Waals surface area contributed by atoms with Crippen LogP contribution < -0.4 is 10.5 Å². The fourth-order valence-corrected chi connectivity index (χ4v) is 1.27. The van der Waals surface area contributed by atoms with Crippen LogP contribution in [0.25, 0.3) is 0 Å². The van der Waals surface area contributed by atoms with Crippen molar-refractivity contribution in [2.75, 3.05) is 5.73 Å². The normalized spacial score (nSPS) is 10.1. The van der Waals surface area contributed by atoms with E-state index in [1.165, 1.54) is 12.1 Å². The molecule has 0 aliphatic heterocycles. The van der Waals surface area contributed by atoms with E-state index in [4.69, 9.17) is 22.1 Å². The van der Waals surface area contributed by atoms with Crippen LogP contribution in [-0.4, -0.2) is 4.98 Å². The van der Waals surface area contributed by atoms with Gasteiger partial charge in [-0.3, -0.25) is 0 Å². The molecule has 2 N–H and O–H groups in total. The van der Waals surface area contributed by atoms with Crippen molar-refractivity contribution in [2.45, 2.75) is 0 Å². The summed E-state index contributed by atoms with van der Waals surface area (Å²) in [7, 11) is 0. The maximum atomic E-state index is 13.1. The molecule has 5 heteroatoms. The molecule has 0 fully saturated rings. The number of anilines is 1. The highest BCUT2D eigenvalue weighted by Gasteiger charge is 2.03. The second-order valence-corrected chi connectivity index (χ2v) is 3.49. The van der Waals surface area contributed by atoms with Gasteiger partial charge in [0.2, 0.25) is 5.88 Å². The van der Waals surface area contributed by atoms with Gasteiger partial charge in [0.25, 0.3) is 0 Å². The Kier molecular flexibility index (Phi) is 2.92. The number of ether oxygens (including phenoxy) is 1. The lowest BCUT2D eigenvalue weighted by Gasteiger charge is -2.05. The molecule has 0 aliphatic carbocycles. The monoisotopic (exact) mass is 238 g/mol. The van der Waals surface area contributed by atoms with E-state index in [1.54, 1.807) is 24.3 Å². The van der Waals surface area contributed by atoms with Gasteiger partial charge < -0.3 is 10.5 Å². The number of rotatable bonds is 2. The Bertz CT molecular complexity index is 519. The lowest BCUT2D eigenvalue weighted by atomic mass is 10.3. The highest BCUT2D eigenvalue weighted by Crippen LogP contribution is 2.24. The number of benzene rings is 1. The lowest BCUT2D eigenvalue weighted by Crippen LogP contribution is -1.93. The highest BCUT2D eigenvalue weighted by molar-refractivity contribution is 6.30. The minimum absolute atomic E-state index is 0.0490. The number of nitrogens with two attached hydrogens (primary N) is 1. The van der Waals surface area contributed by atoms with Crippen molar-refractivity contribution >= 4 is 17.4 Å². The number of nitrogens with zero attached hydrogens (tertiary/aromatic N) is 1. The molecule has 0 aliphatic rings. The molecule has 1 aromatic carbocycles. The first-order valence-electron chi connectivity index (χ1n) is 4.50. The van der Waals surface area contributed by atoms with Crippen LogP contribution in [0.5, 0.6) is 11.6 Å². The summed E-state index contributed by atoms with van der Waals surface area (Å²) in [5.74, 6) is 0.428. The predicted octanol–water partition coefficient (Wildman–Crippen LogP) is 3.25. The standard InChI is InChI=1S/C11H8ClFN2O/c12-8-5-4-7(6-9(8)13)16-11-3-1-2-10(14)15-11/h1-6H,(H2,14,15). The SMILES string of the molecule is Nc1cccc(Oc2ccc(Cl)c(F)c2)n1. The number of halogens is 2. The molecular formula is C11H8ClFN2O. The van der Waals surface area contributed by atoms with Crippen LogP contribution in [0, 0.1) is 5.82 Å². The molecule has 0 amide bonds. The topological polar surface area (TPSA) is 48.1 Å². The molecule has 0 saturated carbocycles. The van der Waals surface area contributed by atoms with Crippen molar-refractivity contribution in [1.82, 2.24) is 4.98 Å². The minimum Gasteiger partial charge on any atom is -0.439 e. The zero-order chi connectivity index (χ0) is 11.5. The second kappa shape index (κ2) is 4.37. The van der Waals surface area contributed by atoms with E-state index in [2.05, 4.69) is 4.98 Å². The minimum atomic E-state index is -0.539. The van der Waals surface area contributed by atoms with Gasteiger partial charge >= 0.3 is 0 Å². The fourth-order valence-electron chi connectivity index (χ4n) is 1.15. The maximum Gasteiger partial charge on any atom is 0.221 e. The van der Waals surface area contributed by atoms with Crippen molar-refractivity contribution in [3.8, 4) is 11.6 Å². The van der Waals surface area contributed by atoms with Crippen LogP contribution in [0.4, 0.5) is 10.2 Å². The van der Waals surface area contributed by atoms with Gasteiger partial charge in [-0.15, -0.1) is 0 Å². The van der Waals surface area contributed by atoms with E-state index in [9.17, 15) is 4.39 Å². The maximum absolute atomic E-state index is 13.1. The van der Waals surface area contributed by atoms with E-state index in [1.807, 2.05) is 0 Å². The predicted molar refractivity (Wildman–Crippen MR) is 60.1 cm³/mol. The van der Waals surface area contributed by atoms with Gasteiger partial charge in [-0.2, -0.15) is 4.98 Å². The Morgan fingerprint density at radius 1 is 1.25 bits per heavy atom. The van der Waals surface area contributed by atoms with Crippen LogP contribution in [0.1, 0.15) is 0 Å². The molecule has 2 aromatic rings. The molecule has 0 bridgehead atoms. The molecule has 2 rings (SSSR count).